The molecule has 3 heteroatoms. The predicted molar refractivity (Wildman–Crippen MR) is 63.4 cm³/mol. The average molecular weight is 224 g/mol. The number of aliphatic hydroxyl groups excluding tert-OH is 2. The Morgan fingerprint density at radius 2 is 1.75 bits per heavy atom. The normalized spacial score (nSPS) is 11.7. The van der Waals surface area contributed by atoms with E-state index in [0.717, 1.165) is 18.4 Å². The van der Waals surface area contributed by atoms with Crippen LogP contribution >= 0.6 is 0 Å². The Hall–Kier alpha value is -0.900. The van der Waals surface area contributed by atoms with E-state index in [4.69, 9.17) is 4.74 Å². The molecule has 1 rings (SSSR count). The van der Waals surface area contributed by atoms with Gasteiger partial charge in [-0.1, -0.05) is 30.3 Å². The standard InChI is InChI=1S/C13H20O3/c1-16-9-5-8-13(10-14,11-15)12-6-3-2-4-7-12/h2-4,6-7,14-15H,5,8-11H2,1H3. The van der Waals surface area contributed by atoms with Crippen molar-refractivity contribution in [2.24, 2.45) is 0 Å². The van der Waals surface area contributed by atoms with E-state index in [9.17, 15) is 10.2 Å². The largest absolute Gasteiger partial charge is 0.395 e. The molecule has 3 nitrogen and oxygen atoms in total. The predicted octanol–water partition coefficient (Wildman–Crippen LogP) is 1.34. The Morgan fingerprint density at radius 1 is 1.12 bits per heavy atom. The van der Waals surface area contributed by atoms with Gasteiger partial charge in [-0.25, -0.2) is 0 Å². The van der Waals surface area contributed by atoms with E-state index in [1.165, 1.54) is 0 Å². The van der Waals surface area contributed by atoms with Crippen LogP contribution in [0.4, 0.5) is 0 Å². The van der Waals surface area contributed by atoms with Gasteiger partial charge in [0.25, 0.3) is 0 Å². The number of hydrogen-bond donors (Lipinski definition) is 2. The maximum atomic E-state index is 9.53. The van der Waals surface area contributed by atoms with Crippen molar-refractivity contribution in [1.82, 2.24) is 0 Å². The van der Waals surface area contributed by atoms with Crippen molar-refractivity contribution in [3.8, 4) is 0 Å². The highest BCUT2D eigenvalue weighted by Gasteiger charge is 2.30. The molecule has 0 spiro atoms. The van der Waals surface area contributed by atoms with Gasteiger partial charge in [-0.2, -0.15) is 0 Å². The summed E-state index contributed by atoms with van der Waals surface area (Å²) < 4.78 is 5.00. The first-order chi connectivity index (χ1) is 7.79. The van der Waals surface area contributed by atoms with Crippen molar-refractivity contribution < 1.29 is 14.9 Å². The maximum absolute atomic E-state index is 9.53. The molecule has 0 unspecified atom stereocenters. The number of hydrogen-bond acceptors (Lipinski definition) is 3. The molecule has 0 aliphatic rings. The lowest BCUT2D eigenvalue weighted by Gasteiger charge is -2.30. The molecular weight excluding hydrogens is 204 g/mol. The zero-order chi connectivity index (χ0) is 11.9. The molecule has 0 atom stereocenters. The summed E-state index contributed by atoms with van der Waals surface area (Å²) in [6.07, 6.45) is 1.55. The molecule has 0 aliphatic heterocycles. The van der Waals surface area contributed by atoms with Gasteiger partial charge in [-0.15, -0.1) is 0 Å². The van der Waals surface area contributed by atoms with Gasteiger partial charge in [0.05, 0.1) is 13.2 Å². The molecule has 0 bridgehead atoms. The summed E-state index contributed by atoms with van der Waals surface area (Å²) in [5.41, 5.74) is 0.441. The van der Waals surface area contributed by atoms with Crippen molar-refractivity contribution in [2.45, 2.75) is 18.3 Å². The van der Waals surface area contributed by atoms with Gasteiger partial charge in [0.1, 0.15) is 0 Å². The van der Waals surface area contributed by atoms with E-state index in [-0.39, 0.29) is 13.2 Å². The number of methoxy groups -OCH3 is 1. The summed E-state index contributed by atoms with van der Waals surface area (Å²) in [5.74, 6) is 0. The van der Waals surface area contributed by atoms with Crippen molar-refractivity contribution in [3.63, 3.8) is 0 Å². The highest BCUT2D eigenvalue weighted by molar-refractivity contribution is 5.25. The van der Waals surface area contributed by atoms with E-state index in [2.05, 4.69) is 0 Å². The summed E-state index contributed by atoms with van der Waals surface area (Å²) >= 11 is 0. The third-order valence-electron chi connectivity index (χ3n) is 3.00. The minimum absolute atomic E-state index is 0.0444. The van der Waals surface area contributed by atoms with Gasteiger partial charge in [0, 0.05) is 19.1 Å². The maximum Gasteiger partial charge on any atom is 0.0550 e. The quantitative estimate of drug-likeness (QED) is 0.687. The Kier molecular flexibility index (Phi) is 5.46. The lowest BCUT2D eigenvalue weighted by Crippen LogP contribution is -2.35. The van der Waals surface area contributed by atoms with E-state index < -0.39 is 5.41 Å². The molecule has 0 aliphatic carbocycles. The number of benzene rings is 1. The van der Waals surface area contributed by atoms with Gasteiger partial charge in [0.2, 0.25) is 0 Å². The third kappa shape index (κ3) is 3.04. The molecule has 2 N–H and O–H groups in total. The van der Waals surface area contributed by atoms with E-state index in [0.29, 0.717) is 6.61 Å². The number of ether oxygens (including phenoxy) is 1. The highest BCUT2D eigenvalue weighted by atomic mass is 16.5. The van der Waals surface area contributed by atoms with E-state index in [1.54, 1.807) is 7.11 Å². The van der Waals surface area contributed by atoms with E-state index >= 15 is 0 Å². The lowest BCUT2D eigenvalue weighted by atomic mass is 9.78. The fraction of sp³-hybridized carbons (Fsp3) is 0.538. The minimum atomic E-state index is -0.542. The molecule has 0 radical (unpaired) electrons. The van der Waals surface area contributed by atoms with Crippen molar-refractivity contribution in [3.05, 3.63) is 35.9 Å². The smallest absolute Gasteiger partial charge is 0.0550 e. The van der Waals surface area contributed by atoms with Gasteiger partial charge < -0.3 is 14.9 Å². The Morgan fingerprint density at radius 3 is 2.25 bits per heavy atom. The van der Waals surface area contributed by atoms with Crippen LogP contribution in [0.25, 0.3) is 0 Å². The molecule has 0 heterocycles. The number of rotatable bonds is 7. The number of aliphatic hydroxyl groups is 2. The molecule has 0 amide bonds. The van der Waals surface area contributed by atoms with Crippen molar-refractivity contribution >= 4 is 0 Å². The van der Waals surface area contributed by atoms with Crippen molar-refractivity contribution in [1.29, 1.82) is 0 Å². The van der Waals surface area contributed by atoms with Crippen LogP contribution in [0, 0.1) is 0 Å². The van der Waals surface area contributed by atoms with Gasteiger partial charge >= 0.3 is 0 Å². The van der Waals surface area contributed by atoms with Gasteiger partial charge in [-0.3, -0.25) is 0 Å². The monoisotopic (exact) mass is 224 g/mol. The Labute approximate surface area is 96.7 Å². The first-order valence-corrected chi connectivity index (χ1v) is 5.55. The molecular formula is C13H20O3. The van der Waals surface area contributed by atoms with E-state index in [1.807, 2.05) is 30.3 Å². The second-order valence-corrected chi connectivity index (χ2v) is 4.06. The zero-order valence-electron chi connectivity index (χ0n) is 9.72. The second-order valence-electron chi connectivity index (χ2n) is 4.06. The fourth-order valence-electron chi connectivity index (χ4n) is 1.88. The topological polar surface area (TPSA) is 49.7 Å². The first-order valence-electron chi connectivity index (χ1n) is 5.55. The average Bonchev–Trinajstić information content (AvgIpc) is 2.36. The molecule has 0 fully saturated rings. The van der Waals surface area contributed by atoms with Crippen LogP contribution in [0.2, 0.25) is 0 Å². The molecule has 0 saturated heterocycles. The fourth-order valence-corrected chi connectivity index (χ4v) is 1.88. The van der Waals surface area contributed by atoms with Crippen LogP contribution in [0.3, 0.4) is 0 Å². The Bertz CT molecular complexity index is 280. The van der Waals surface area contributed by atoms with Crippen molar-refractivity contribution in [2.75, 3.05) is 26.9 Å². The first kappa shape index (κ1) is 13.2. The highest BCUT2D eigenvalue weighted by Crippen LogP contribution is 2.28. The van der Waals surface area contributed by atoms with Crippen LogP contribution in [0.15, 0.2) is 30.3 Å². The van der Waals surface area contributed by atoms with Gasteiger partial charge in [0.15, 0.2) is 0 Å². The van der Waals surface area contributed by atoms with Crippen LogP contribution in [0.1, 0.15) is 18.4 Å². The summed E-state index contributed by atoms with van der Waals surface area (Å²) in [5, 5.41) is 19.1. The van der Waals surface area contributed by atoms with Gasteiger partial charge in [-0.05, 0) is 18.4 Å². The summed E-state index contributed by atoms with van der Waals surface area (Å²) in [6, 6.07) is 9.66. The molecule has 1 aromatic rings. The molecule has 16 heavy (non-hydrogen) atoms. The summed E-state index contributed by atoms with van der Waals surface area (Å²) in [6.45, 7) is 0.559. The Balaban J connectivity index is 2.79. The zero-order valence-corrected chi connectivity index (χ0v) is 9.72. The minimum Gasteiger partial charge on any atom is -0.395 e. The SMILES string of the molecule is COCCCC(CO)(CO)c1ccccc1. The molecule has 90 valence electrons. The lowest BCUT2D eigenvalue weighted by molar-refractivity contribution is 0.0969. The second kappa shape index (κ2) is 6.63. The van der Waals surface area contributed by atoms with Crippen LogP contribution in [-0.2, 0) is 10.2 Å². The summed E-state index contributed by atoms with van der Waals surface area (Å²) in [7, 11) is 1.65. The molecule has 0 saturated carbocycles. The molecule has 0 aromatic heterocycles. The van der Waals surface area contributed by atoms with Crippen LogP contribution in [0.5, 0.6) is 0 Å². The summed E-state index contributed by atoms with van der Waals surface area (Å²) in [4.78, 5) is 0. The van der Waals surface area contributed by atoms with Crippen LogP contribution in [-0.4, -0.2) is 37.1 Å². The third-order valence-corrected chi connectivity index (χ3v) is 3.00. The molecule has 1 aromatic carbocycles. The van der Waals surface area contributed by atoms with Crippen LogP contribution < -0.4 is 0 Å².